The van der Waals surface area contributed by atoms with Crippen molar-refractivity contribution < 1.29 is 43.2 Å². The normalized spacial score (nSPS) is 12.6. The highest BCUT2D eigenvalue weighted by Gasteiger charge is 2.25. The van der Waals surface area contributed by atoms with Gasteiger partial charge in [0.25, 0.3) is 0 Å². The van der Waals surface area contributed by atoms with Crippen molar-refractivity contribution in [2.75, 3.05) is 72.6 Å². The molecule has 0 spiro atoms. The quantitative estimate of drug-likeness (QED) is 0.160. The Balaban J connectivity index is 3.54. The molecule has 0 aliphatic heterocycles. The van der Waals surface area contributed by atoms with Crippen LogP contribution in [0.1, 0.15) is 53.9 Å². The topological polar surface area (TPSA) is 142 Å². The molecule has 0 aromatic rings. The van der Waals surface area contributed by atoms with E-state index in [1.165, 1.54) is 0 Å². The molecule has 1 unspecified atom stereocenters. The summed E-state index contributed by atoms with van der Waals surface area (Å²) in [5.74, 6) is -1.64. The van der Waals surface area contributed by atoms with E-state index in [-0.39, 0.29) is 31.7 Å². The highest BCUT2D eigenvalue weighted by atomic mass is 16.6. The molecule has 0 aliphatic carbocycles. The zero-order chi connectivity index (χ0) is 27.2. The fourth-order valence-electron chi connectivity index (χ4n) is 2.74. The summed E-state index contributed by atoms with van der Waals surface area (Å²) in [6, 6.07) is -0.635. The van der Waals surface area contributed by atoms with E-state index in [9.17, 15) is 19.5 Å². The molecule has 0 aromatic heterocycles. The Kier molecular flexibility index (Phi) is 20.5. The van der Waals surface area contributed by atoms with Crippen LogP contribution in [0, 0.1) is 5.41 Å². The molecule has 0 saturated carbocycles. The molecular weight excluding hydrogens is 472 g/mol. The zero-order valence-electron chi connectivity index (χ0n) is 22.8. The average Bonchev–Trinajstić information content (AvgIpc) is 2.79. The van der Waals surface area contributed by atoms with Crippen molar-refractivity contribution in [2.45, 2.75) is 66.0 Å². The molecule has 0 radical (unpaired) electrons. The minimum Gasteiger partial charge on any atom is -0.480 e. The minimum atomic E-state index is -1.16. The van der Waals surface area contributed by atoms with Gasteiger partial charge in [-0.15, -0.1) is 0 Å². The van der Waals surface area contributed by atoms with Crippen LogP contribution in [0.25, 0.3) is 0 Å². The first-order chi connectivity index (χ1) is 17.0. The smallest absolute Gasteiger partial charge is 0.326 e. The number of rotatable bonds is 24. The van der Waals surface area contributed by atoms with E-state index in [1.807, 2.05) is 0 Å². The lowest BCUT2D eigenvalue weighted by molar-refractivity contribution is -0.142. The predicted octanol–water partition coefficient (Wildman–Crippen LogP) is 1.42. The van der Waals surface area contributed by atoms with Crippen molar-refractivity contribution in [3.8, 4) is 0 Å². The highest BCUT2D eigenvalue weighted by molar-refractivity contribution is 5.86. The Morgan fingerprint density at radius 1 is 0.722 bits per heavy atom. The summed E-state index contributed by atoms with van der Waals surface area (Å²) in [7, 11) is 0. The standard InChI is InChI=1S/C25H48N2O9/c1-20(2)26-9-11-33-13-15-35-17-19-36-18-16-34-14-12-32-10-8-23(29)27-21(24(30)31)6-7-22(28)25(3,4)5/h20-21,26H,6-19H2,1-5H3,(H,27,29)(H,30,31). The molecule has 1 amide bonds. The third-order valence-corrected chi connectivity index (χ3v) is 4.89. The van der Waals surface area contributed by atoms with Crippen molar-refractivity contribution in [1.29, 1.82) is 0 Å². The molecule has 0 rings (SSSR count). The molecule has 11 nitrogen and oxygen atoms in total. The van der Waals surface area contributed by atoms with E-state index in [2.05, 4.69) is 24.5 Å². The lowest BCUT2D eigenvalue weighted by Crippen LogP contribution is -2.41. The van der Waals surface area contributed by atoms with Gasteiger partial charge in [-0.2, -0.15) is 0 Å². The number of nitrogens with one attached hydrogen (secondary N) is 2. The lowest BCUT2D eigenvalue weighted by Gasteiger charge is -2.19. The molecule has 3 N–H and O–H groups in total. The van der Waals surface area contributed by atoms with Crippen molar-refractivity contribution >= 4 is 17.7 Å². The molecular formula is C25H48N2O9. The van der Waals surface area contributed by atoms with Crippen molar-refractivity contribution in [3.05, 3.63) is 0 Å². The monoisotopic (exact) mass is 520 g/mol. The number of carboxylic acids is 1. The summed E-state index contributed by atoms with van der Waals surface area (Å²) in [4.78, 5) is 35.3. The maximum absolute atomic E-state index is 12.0. The van der Waals surface area contributed by atoms with E-state index >= 15 is 0 Å². The molecule has 212 valence electrons. The second-order valence-electron chi connectivity index (χ2n) is 9.59. The Morgan fingerprint density at radius 2 is 1.17 bits per heavy atom. The summed E-state index contributed by atoms with van der Waals surface area (Å²) in [5.41, 5.74) is -0.538. The van der Waals surface area contributed by atoms with Gasteiger partial charge < -0.3 is 39.4 Å². The number of carbonyl (C=O) groups is 3. The number of hydrogen-bond donors (Lipinski definition) is 3. The van der Waals surface area contributed by atoms with Crippen molar-refractivity contribution in [3.63, 3.8) is 0 Å². The van der Waals surface area contributed by atoms with Crippen LogP contribution in [0.15, 0.2) is 0 Å². The first-order valence-corrected chi connectivity index (χ1v) is 12.7. The number of Topliss-reactive ketones (excluding diaryl/α,β-unsaturated/α-hetero) is 1. The molecule has 0 fully saturated rings. The molecule has 0 heterocycles. The van der Waals surface area contributed by atoms with Crippen LogP contribution in [-0.2, 0) is 38.1 Å². The predicted molar refractivity (Wildman–Crippen MR) is 135 cm³/mol. The van der Waals surface area contributed by atoms with Gasteiger partial charge in [0, 0.05) is 30.8 Å². The minimum absolute atomic E-state index is 0.0278. The van der Waals surface area contributed by atoms with E-state index in [4.69, 9.17) is 23.7 Å². The van der Waals surface area contributed by atoms with Crippen molar-refractivity contribution in [2.24, 2.45) is 5.41 Å². The van der Waals surface area contributed by atoms with Gasteiger partial charge in [-0.25, -0.2) is 4.79 Å². The summed E-state index contributed by atoms with van der Waals surface area (Å²) in [5, 5.41) is 15.0. The number of amides is 1. The number of hydrogen-bond acceptors (Lipinski definition) is 9. The largest absolute Gasteiger partial charge is 0.480 e. The Labute approximate surface area is 215 Å². The van der Waals surface area contributed by atoms with Gasteiger partial charge >= 0.3 is 5.97 Å². The molecule has 36 heavy (non-hydrogen) atoms. The maximum atomic E-state index is 12.0. The third-order valence-electron chi connectivity index (χ3n) is 4.89. The Morgan fingerprint density at radius 3 is 1.58 bits per heavy atom. The molecule has 0 aliphatic rings. The van der Waals surface area contributed by atoms with Crippen molar-refractivity contribution in [1.82, 2.24) is 10.6 Å². The number of carboxylic acid groups (broad SMARTS) is 1. The first-order valence-electron chi connectivity index (χ1n) is 12.7. The second kappa shape index (κ2) is 21.5. The fourth-order valence-corrected chi connectivity index (χ4v) is 2.74. The fraction of sp³-hybridized carbons (Fsp3) is 0.880. The van der Waals surface area contributed by atoms with Crippen LogP contribution in [0.3, 0.4) is 0 Å². The second-order valence-corrected chi connectivity index (χ2v) is 9.59. The van der Waals surface area contributed by atoms with Gasteiger partial charge in [-0.1, -0.05) is 34.6 Å². The number of aliphatic carboxylic acids is 1. The van der Waals surface area contributed by atoms with Gasteiger partial charge in [0.2, 0.25) is 5.91 Å². The molecule has 0 saturated heterocycles. The van der Waals surface area contributed by atoms with Gasteiger partial charge in [0.05, 0.1) is 66.1 Å². The number of ketones is 1. The van der Waals surface area contributed by atoms with Gasteiger partial charge in [0.1, 0.15) is 11.8 Å². The maximum Gasteiger partial charge on any atom is 0.326 e. The van der Waals surface area contributed by atoms with Crippen LogP contribution in [0.2, 0.25) is 0 Å². The number of carbonyl (C=O) groups excluding carboxylic acids is 2. The lowest BCUT2D eigenvalue weighted by atomic mass is 9.87. The SMILES string of the molecule is CC(C)NCCOCCOCCOCCOCCOCCC(=O)NC(CCC(=O)C(C)(C)C)C(=O)O. The van der Waals surface area contributed by atoms with E-state index in [0.717, 1.165) is 6.54 Å². The van der Waals surface area contributed by atoms with E-state index in [0.29, 0.717) is 65.5 Å². The summed E-state index contributed by atoms with van der Waals surface area (Å²) in [6.07, 6.45) is 0.183. The van der Waals surface area contributed by atoms with Gasteiger partial charge in [-0.3, -0.25) is 9.59 Å². The molecule has 11 heteroatoms. The number of ether oxygens (including phenoxy) is 5. The van der Waals surface area contributed by atoms with Crippen LogP contribution in [0.5, 0.6) is 0 Å². The molecule has 0 aromatic carbocycles. The van der Waals surface area contributed by atoms with E-state index in [1.54, 1.807) is 20.8 Å². The van der Waals surface area contributed by atoms with Crippen LogP contribution in [-0.4, -0.2) is 107 Å². The van der Waals surface area contributed by atoms with Crippen LogP contribution < -0.4 is 10.6 Å². The molecule has 1 atom stereocenters. The zero-order valence-corrected chi connectivity index (χ0v) is 22.8. The van der Waals surface area contributed by atoms with Crippen LogP contribution >= 0.6 is 0 Å². The van der Waals surface area contributed by atoms with Crippen LogP contribution in [0.4, 0.5) is 0 Å². The summed E-state index contributed by atoms with van der Waals surface area (Å²) >= 11 is 0. The van der Waals surface area contributed by atoms with Gasteiger partial charge in [-0.05, 0) is 6.42 Å². The Bertz CT molecular complexity index is 595. The summed E-state index contributed by atoms with van der Waals surface area (Å²) < 4.78 is 27.0. The van der Waals surface area contributed by atoms with Gasteiger partial charge in [0.15, 0.2) is 0 Å². The molecule has 0 bridgehead atoms. The van der Waals surface area contributed by atoms with E-state index < -0.39 is 23.3 Å². The average molecular weight is 521 g/mol. The third kappa shape index (κ3) is 21.6. The highest BCUT2D eigenvalue weighted by Crippen LogP contribution is 2.18. The summed E-state index contributed by atoms with van der Waals surface area (Å²) in [6.45, 7) is 14.8. The Hall–Kier alpha value is -1.63. The first kappa shape index (κ1) is 34.4.